The molecule has 0 aromatic heterocycles. The molecule has 17 heteroatoms. The minimum atomic E-state index is -2.15. The molecule has 0 aliphatic carbocycles. The second-order valence-electron chi connectivity index (χ2n) is 5.99. The van der Waals surface area contributed by atoms with Crippen LogP contribution in [0.1, 0.15) is 0 Å². The molecule has 1 spiro atoms. The van der Waals surface area contributed by atoms with Gasteiger partial charge in [-0.2, -0.15) is 0 Å². The second kappa shape index (κ2) is 11.8. The first-order valence-electron chi connectivity index (χ1n) is 8.85. The Morgan fingerprint density at radius 2 is 0.606 bits per heavy atom. The van der Waals surface area contributed by atoms with Gasteiger partial charge in [0.25, 0.3) is 0 Å². The maximum absolute atomic E-state index is 2.28. The fourth-order valence-electron chi connectivity index (χ4n) is 2.75. The maximum atomic E-state index is 2.28. The van der Waals surface area contributed by atoms with Crippen LogP contribution in [-0.4, -0.2) is 33.7 Å². The van der Waals surface area contributed by atoms with E-state index >= 15 is 0 Å². The van der Waals surface area contributed by atoms with Crippen LogP contribution in [0.4, 0.5) is 0 Å². The van der Waals surface area contributed by atoms with Gasteiger partial charge in [0.05, 0.1) is 0 Å². The van der Waals surface area contributed by atoms with E-state index in [1.807, 2.05) is 94.1 Å². The molecule has 0 atom stereocenters. The number of hydrogen-bond donors (Lipinski definition) is 0. The third kappa shape index (κ3) is 5.58. The van der Waals surface area contributed by atoms with Gasteiger partial charge in [0.2, 0.25) is 0 Å². The van der Waals surface area contributed by atoms with E-state index in [1.54, 1.807) is 16.9 Å². The molecule has 6 rings (SSSR count). The standard InChI is InChI=1S/C16H12GeS16/c1-18-5-6(19-2)23-9(22-5)11-26-13-14(27-11)31-17(30-13)32-15-16(33-17)29-12(28-15)10-24-7(20-3)8(21-4)25-10/h1-4H3. The third-order valence-corrected chi connectivity index (χ3v) is 56.0. The molecule has 6 heterocycles. The van der Waals surface area contributed by atoms with Gasteiger partial charge in [0, 0.05) is 0 Å². The van der Waals surface area contributed by atoms with Crippen molar-refractivity contribution < 1.29 is 0 Å². The predicted molar refractivity (Wildman–Crippen MR) is 193 cm³/mol. The Labute approximate surface area is 261 Å². The van der Waals surface area contributed by atoms with Crippen molar-refractivity contribution in [1.29, 1.82) is 0 Å². The molecular weight excluding hydrogens is 778 g/mol. The summed E-state index contributed by atoms with van der Waals surface area (Å²) in [6.07, 6.45) is 8.80. The van der Waals surface area contributed by atoms with Crippen LogP contribution in [0.2, 0.25) is 0 Å². The van der Waals surface area contributed by atoms with Gasteiger partial charge in [-0.1, -0.05) is 0 Å². The van der Waals surface area contributed by atoms with Crippen molar-refractivity contribution >= 4 is 190 Å². The van der Waals surface area contributed by atoms with Gasteiger partial charge < -0.3 is 0 Å². The molecule has 0 nitrogen and oxygen atoms in total. The average molecular weight is 790 g/mol. The van der Waals surface area contributed by atoms with E-state index < -0.39 is 8.70 Å². The molecule has 0 saturated heterocycles. The fourth-order valence-corrected chi connectivity index (χ4v) is 76.4. The van der Waals surface area contributed by atoms with E-state index in [0.717, 1.165) is 0 Å². The van der Waals surface area contributed by atoms with E-state index in [0.29, 0.717) is 0 Å². The van der Waals surface area contributed by atoms with E-state index in [2.05, 4.69) is 112 Å². The van der Waals surface area contributed by atoms with Gasteiger partial charge in [0.15, 0.2) is 0 Å². The van der Waals surface area contributed by atoms with Crippen LogP contribution in [0.25, 0.3) is 0 Å². The van der Waals surface area contributed by atoms with Crippen LogP contribution >= 0.6 is 181 Å². The van der Waals surface area contributed by atoms with Crippen LogP contribution in [0.15, 0.2) is 50.8 Å². The molecule has 176 valence electrons. The summed E-state index contributed by atoms with van der Waals surface area (Å²) in [6, 6.07) is 0. The monoisotopic (exact) mass is 790 g/mol. The SMILES string of the molecule is CSC1=C(SC)SC(=C2SC3=C(S2)[S][Ge]2([S]3)[S]C3=C(SC(=C4SC(SC)=C(SC)S4)S3)[S]2)S1. The molecule has 33 heavy (non-hydrogen) atoms. The van der Waals surface area contributed by atoms with Gasteiger partial charge >= 0.3 is 266 Å². The normalized spacial score (nSPS) is 26.5. The summed E-state index contributed by atoms with van der Waals surface area (Å²) in [4.78, 5) is 0. The number of thioether (sulfide) groups is 12. The van der Waals surface area contributed by atoms with Crippen molar-refractivity contribution in [3.8, 4) is 0 Å². The zero-order chi connectivity index (χ0) is 22.7. The number of rotatable bonds is 4. The zero-order valence-corrected chi connectivity index (χ0v) is 32.2. The Morgan fingerprint density at radius 3 is 0.848 bits per heavy atom. The molecule has 0 aromatic rings. The average Bonchev–Trinajstić information content (AvgIpc) is 3.61. The van der Waals surface area contributed by atoms with Crippen LogP contribution in [0, 0.1) is 0 Å². The Balaban J connectivity index is 1.08. The van der Waals surface area contributed by atoms with Gasteiger partial charge in [-0.05, 0) is 0 Å². The second-order valence-corrected chi connectivity index (χ2v) is 51.0. The molecule has 0 radical (unpaired) electrons. The molecule has 6 aliphatic heterocycles. The number of hydrogen-bond acceptors (Lipinski definition) is 16. The molecule has 6 aliphatic rings. The Hall–Kier alpha value is 4.58. The van der Waals surface area contributed by atoms with Crippen LogP contribution < -0.4 is 0 Å². The summed E-state index contributed by atoms with van der Waals surface area (Å²) in [5.74, 6) is 0. The molecule has 0 unspecified atom stereocenters. The van der Waals surface area contributed by atoms with E-state index in [1.165, 1.54) is 33.9 Å². The Morgan fingerprint density at radius 1 is 0.364 bits per heavy atom. The predicted octanol–water partition coefficient (Wildman–Crippen LogP) is 12.5. The van der Waals surface area contributed by atoms with Gasteiger partial charge in [-0.15, -0.1) is 0 Å². The minimum absolute atomic E-state index is 1.47. The van der Waals surface area contributed by atoms with Crippen molar-refractivity contribution in [2.24, 2.45) is 0 Å². The van der Waals surface area contributed by atoms with Crippen LogP contribution in [0.5, 0.6) is 0 Å². The molecule has 0 amide bonds. The molecule has 0 N–H and O–H groups in total. The van der Waals surface area contributed by atoms with Crippen LogP contribution in [-0.2, 0) is 0 Å². The molecule has 0 saturated carbocycles. The Bertz CT molecular complexity index is 958. The zero-order valence-electron chi connectivity index (χ0n) is 17.0. The molecule has 0 aromatic carbocycles. The summed E-state index contributed by atoms with van der Waals surface area (Å²) in [6.45, 7) is 0. The van der Waals surface area contributed by atoms with Gasteiger partial charge in [-0.3, -0.25) is 0 Å². The van der Waals surface area contributed by atoms with Crippen molar-refractivity contribution in [3.63, 3.8) is 0 Å². The topological polar surface area (TPSA) is 0 Å². The quantitative estimate of drug-likeness (QED) is 0.248. The third-order valence-electron chi connectivity index (χ3n) is 4.10. The summed E-state index contributed by atoms with van der Waals surface area (Å²) < 4.78 is 18.3. The summed E-state index contributed by atoms with van der Waals surface area (Å²) >= 11 is 23.7. The molecule has 0 bridgehead atoms. The van der Waals surface area contributed by atoms with Crippen molar-refractivity contribution in [1.82, 2.24) is 0 Å². The Kier molecular flexibility index (Phi) is 9.94. The van der Waals surface area contributed by atoms with Crippen molar-refractivity contribution in [2.45, 2.75) is 0 Å². The van der Waals surface area contributed by atoms with Crippen LogP contribution in [0.3, 0.4) is 0 Å². The van der Waals surface area contributed by atoms with Crippen molar-refractivity contribution in [3.05, 3.63) is 50.8 Å². The van der Waals surface area contributed by atoms with E-state index in [4.69, 9.17) is 0 Å². The first-order chi connectivity index (χ1) is 16.0. The first kappa shape index (κ1) is 27.7. The molecular formula is C16H12GeS16. The van der Waals surface area contributed by atoms with E-state index in [9.17, 15) is 0 Å². The summed E-state index contributed by atoms with van der Waals surface area (Å²) in [7, 11) is 6.96. The van der Waals surface area contributed by atoms with Gasteiger partial charge in [0.1, 0.15) is 0 Å². The summed E-state index contributed by atoms with van der Waals surface area (Å²) in [5, 5.41) is 0. The van der Waals surface area contributed by atoms with Crippen molar-refractivity contribution in [2.75, 3.05) is 25.0 Å². The fraction of sp³-hybridized carbons (Fsp3) is 0.250. The molecule has 0 fully saturated rings. The van der Waals surface area contributed by atoms with Gasteiger partial charge in [-0.25, -0.2) is 0 Å². The summed E-state index contributed by atoms with van der Waals surface area (Å²) in [5.41, 5.74) is 0. The van der Waals surface area contributed by atoms with E-state index in [-0.39, 0.29) is 0 Å². The first-order valence-corrected chi connectivity index (χ1v) is 33.8.